The first kappa shape index (κ1) is 19.3. The van der Waals surface area contributed by atoms with Crippen LogP contribution in [0.2, 0.25) is 0 Å². The second-order valence-electron chi connectivity index (χ2n) is 6.45. The highest BCUT2D eigenvalue weighted by atomic mass is 19.1. The van der Waals surface area contributed by atoms with E-state index in [-0.39, 0.29) is 5.82 Å². The van der Waals surface area contributed by atoms with E-state index in [1.54, 1.807) is 12.1 Å². The number of hydrogen-bond acceptors (Lipinski definition) is 4. The molecule has 1 heterocycles. The SMILES string of the molecule is Fc1ccccc1CN1CCN(C2CCCC2)CC1.O=C(O)C(=O)O. The van der Waals surface area contributed by atoms with E-state index in [9.17, 15) is 4.39 Å². The molecule has 0 aromatic heterocycles. The van der Waals surface area contributed by atoms with E-state index in [1.165, 1.54) is 25.7 Å². The van der Waals surface area contributed by atoms with E-state index in [1.807, 2.05) is 12.1 Å². The zero-order valence-electron chi connectivity index (χ0n) is 14.2. The molecule has 1 aromatic rings. The Bertz CT molecular complexity index is 570. The zero-order chi connectivity index (χ0) is 18.2. The van der Waals surface area contributed by atoms with Crippen molar-refractivity contribution in [3.8, 4) is 0 Å². The first-order valence-electron chi connectivity index (χ1n) is 8.63. The maximum absolute atomic E-state index is 13.6. The largest absolute Gasteiger partial charge is 0.473 e. The number of rotatable bonds is 3. The number of hydrogen-bond donors (Lipinski definition) is 2. The highest BCUT2D eigenvalue weighted by molar-refractivity contribution is 6.27. The van der Waals surface area contributed by atoms with Crippen LogP contribution in [0.4, 0.5) is 4.39 Å². The minimum Gasteiger partial charge on any atom is -0.473 e. The van der Waals surface area contributed by atoms with E-state index < -0.39 is 11.9 Å². The first-order chi connectivity index (χ1) is 12.0. The van der Waals surface area contributed by atoms with Gasteiger partial charge in [-0.15, -0.1) is 0 Å². The predicted molar refractivity (Wildman–Crippen MR) is 90.8 cm³/mol. The number of halogens is 1. The summed E-state index contributed by atoms with van der Waals surface area (Å²) in [6, 6.07) is 7.97. The Labute approximate surface area is 146 Å². The summed E-state index contributed by atoms with van der Waals surface area (Å²) in [5.41, 5.74) is 0.830. The van der Waals surface area contributed by atoms with E-state index >= 15 is 0 Å². The van der Waals surface area contributed by atoms with Gasteiger partial charge in [0.25, 0.3) is 0 Å². The Morgan fingerprint density at radius 3 is 2.08 bits per heavy atom. The first-order valence-corrected chi connectivity index (χ1v) is 8.63. The fraction of sp³-hybridized carbons (Fsp3) is 0.556. The second kappa shape index (κ2) is 9.48. The minimum absolute atomic E-state index is 0.0688. The molecule has 1 aliphatic heterocycles. The van der Waals surface area contributed by atoms with Gasteiger partial charge in [0.2, 0.25) is 0 Å². The molecule has 0 atom stereocenters. The highest BCUT2D eigenvalue weighted by Crippen LogP contribution is 2.24. The van der Waals surface area contributed by atoms with Crippen molar-refractivity contribution in [1.29, 1.82) is 0 Å². The van der Waals surface area contributed by atoms with Crippen LogP contribution in [0.1, 0.15) is 31.2 Å². The van der Waals surface area contributed by atoms with Gasteiger partial charge < -0.3 is 10.2 Å². The monoisotopic (exact) mass is 352 g/mol. The van der Waals surface area contributed by atoms with Crippen LogP contribution in [0.25, 0.3) is 0 Å². The molecule has 25 heavy (non-hydrogen) atoms. The van der Waals surface area contributed by atoms with Gasteiger partial charge in [-0.2, -0.15) is 0 Å². The van der Waals surface area contributed by atoms with Crippen molar-refractivity contribution in [1.82, 2.24) is 9.80 Å². The molecule has 138 valence electrons. The number of carboxylic acids is 2. The number of piperazine rings is 1. The van der Waals surface area contributed by atoms with Crippen LogP contribution in [-0.2, 0) is 16.1 Å². The van der Waals surface area contributed by atoms with Crippen LogP contribution in [0, 0.1) is 5.82 Å². The quantitative estimate of drug-likeness (QED) is 0.811. The highest BCUT2D eigenvalue weighted by Gasteiger charge is 2.26. The standard InChI is InChI=1S/C16H23FN2.C2H2O4/c17-16-8-4-1-5-14(16)13-18-9-11-19(12-10-18)15-6-2-3-7-15;3-1(4)2(5)6/h1,4-5,8,15H,2-3,6-7,9-13H2;(H,3,4)(H,5,6). The van der Waals surface area contributed by atoms with Gasteiger partial charge in [0, 0.05) is 44.3 Å². The van der Waals surface area contributed by atoms with E-state index in [4.69, 9.17) is 19.8 Å². The van der Waals surface area contributed by atoms with Gasteiger partial charge in [-0.05, 0) is 18.9 Å². The van der Waals surface area contributed by atoms with Crippen molar-refractivity contribution in [2.24, 2.45) is 0 Å². The average molecular weight is 352 g/mol. The summed E-state index contributed by atoms with van der Waals surface area (Å²) in [6.45, 7) is 5.21. The van der Waals surface area contributed by atoms with Crippen molar-refractivity contribution in [3.63, 3.8) is 0 Å². The van der Waals surface area contributed by atoms with Crippen LogP contribution in [0.5, 0.6) is 0 Å². The van der Waals surface area contributed by atoms with Crippen molar-refractivity contribution in [2.45, 2.75) is 38.3 Å². The second-order valence-corrected chi connectivity index (χ2v) is 6.45. The minimum atomic E-state index is -1.82. The Kier molecular flexibility index (Phi) is 7.33. The average Bonchev–Trinajstić information content (AvgIpc) is 3.13. The molecule has 0 amide bonds. The van der Waals surface area contributed by atoms with Crippen LogP contribution < -0.4 is 0 Å². The summed E-state index contributed by atoms with van der Waals surface area (Å²) in [5, 5.41) is 14.8. The van der Waals surface area contributed by atoms with Gasteiger partial charge in [-0.3, -0.25) is 9.80 Å². The molecule has 0 unspecified atom stereocenters. The van der Waals surface area contributed by atoms with Crippen molar-refractivity contribution in [3.05, 3.63) is 35.6 Å². The lowest BCUT2D eigenvalue weighted by Gasteiger charge is -2.38. The number of carboxylic acid groups (broad SMARTS) is 2. The van der Waals surface area contributed by atoms with Crippen LogP contribution in [0.3, 0.4) is 0 Å². The summed E-state index contributed by atoms with van der Waals surface area (Å²) < 4.78 is 13.6. The number of carbonyl (C=O) groups is 2. The molecule has 7 heteroatoms. The van der Waals surface area contributed by atoms with Crippen molar-refractivity contribution in [2.75, 3.05) is 26.2 Å². The fourth-order valence-corrected chi connectivity index (χ4v) is 3.42. The van der Waals surface area contributed by atoms with Crippen molar-refractivity contribution < 1.29 is 24.2 Å². The third-order valence-corrected chi connectivity index (χ3v) is 4.78. The van der Waals surface area contributed by atoms with Gasteiger partial charge >= 0.3 is 11.9 Å². The molecule has 3 rings (SSSR count). The van der Waals surface area contributed by atoms with E-state index in [0.717, 1.165) is 44.3 Å². The summed E-state index contributed by atoms with van der Waals surface area (Å²) in [7, 11) is 0. The molecule has 2 fully saturated rings. The van der Waals surface area contributed by atoms with Gasteiger partial charge in [-0.1, -0.05) is 31.0 Å². The number of benzene rings is 1. The lowest BCUT2D eigenvalue weighted by Crippen LogP contribution is -2.49. The Hall–Kier alpha value is -1.99. The molecule has 1 aliphatic carbocycles. The summed E-state index contributed by atoms with van der Waals surface area (Å²) in [5.74, 6) is -3.72. The van der Waals surface area contributed by atoms with Crippen LogP contribution >= 0.6 is 0 Å². The maximum atomic E-state index is 13.6. The third kappa shape index (κ3) is 6.10. The molecule has 1 saturated carbocycles. The smallest absolute Gasteiger partial charge is 0.414 e. The van der Waals surface area contributed by atoms with E-state index in [0.29, 0.717) is 0 Å². The molecule has 6 nitrogen and oxygen atoms in total. The predicted octanol–water partition coefficient (Wildman–Crippen LogP) is 2.04. The summed E-state index contributed by atoms with van der Waals surface area (Å²) in [6.07, 6.45) is 5.57. The molecule has 0 bridgehead atoms. The Balaban J connectivity index is 0.000000326. The lowest BCUT2D eigenvalue weighted by molar-refractivity contribution is -0.159. The Morgan fingerprint density at radius 2 is 1.56 bits per heavy atom. The summed E-state index contributed by atoms with van der Waals surface area (Å²) >= 11 is 0. The third-order valence-electron chi connectivity index (χ3n) is 4.78. The molecular weight excluding hydrogens is 327 g/mol. The van der Waals surface area contributed by atoms with Crippen LogP contribution in [0.15, 0.2) is 24.3 Å². The molecule has 2 aliphatic rings. The number of nitrogens with zero attached hydrogens (tertiary/aromatic N) is 2. The fourth-order valence-electron chi connectivity index (χ4n) is 3.42. The topological polar surface area (TPSA) is 81.1 Å². The lowest BCUT2D eigenvalue weighted by atomic mass is 10.1. The molecule has 2 N–H and O–H groups in total. The van der Waals surface area contributed by atoms with Gasteiger partial charge in [0.1, 0.15) is 5.82 Å². The van der Waals surface area contributed by atoms with Gasteiger partial charge in [0.15, 0.2) is 0 Å². The Morgan fingerprint density at radius 1 is 1.00 bits per heavy atom. The summed E-state index contributed by atoms with van der Waals surface area (Å²) in [4.78, 5) is 23.2. The van der Waals surface area contributed by atoms with Gasteiger partial charge in [-0.25, -0.2) is 14.0 Å². The normalized spacial score (nSPS) is 19.2. The van der Waals surface area contributed by atoms with E-state index in [2.05, 4.69) is 9.80 Å². The molecule has 1 saturated heterocycles. The molecule has 0 spiro atoms. The molecule has 0 radical (unpaired) electrons. The number of aliphatic carboxylic acids is 2. The maximum Gasteiger partial charge on any atom is 0.414 e. The molecular formula is C18H25FN2O4. The molecule has 1 aromatic carbocycles. The van der Waals surface area contributed by atoms with Crippen molar-refractivity contribution >= 4 is 11.9 Å². The zero-order valence-corrected chi connectivity index (χ0v) is 14.2. The van der Waals surface area contributed by atoms with Gasteiger partial charge in [0.05, 0.1) is 0 Å². The van der Waals surface area contributed by atoms with Crippen LogP contribution in [-0.4, -0.2) is 64.2 Å².